The predicted octanol–water partition coefficient (Wildman–Crippen LogP) is 9.19. The van der Waals surface area contributed by atoms with Crippen molar-refractivity contribution in [2.75, 3.05) is 0 Å². The Kier molecular flexibility index (Phi) is 40.4. The molecule has 3 aromatic heterocycles. The predicted molar refractivity (Wildman–Crippen MR) is 491 cm³/mol. The van der Waals surface area contributed by atoms with Crippen LogP contribution in [0.1, 0.15) is 236 Å². The van der Waals surface area contributed by atoms with Crippen LogP contribution >= 0.6 is 0 Å². The zero-order chi connectivity index (χ0) is 100. The zero-order valence-corrected chi connectivity index (χ0v) is 77.0. The molecule has 720 valence electrons. The van der Waals surface area contributed by atoms with Crippen molar-refractivity contribution in [1.82, 2.24) is 56.5 Å². The number of aromatic nitrogens is 6. The van der Waals surface area contributed by atoms with E-state index in [-0.39, 0.29) is 84.8 Å². The van der Waals surface area contributed by atoms with Crippen LogP contribution < -0.4 is 26.6 Å². The number of ketones is 5. The van der Waals surface area contributed by atoms with Crippen LogP contribution in [0.5, 0.6) is 0 Å². The Labute approximate surface area is 781 Å². The van der Waals surface area contributed by atoms with Crippen LogP contribution in [-0.4, -0.2) is 202 Å². The Hall–Kier alpha value is -11.5. The van der Waals surface area contributed by atoms with Gasteiger partial charge in [0.25, 0.3) is 23.6 Å². The van der Waals surface area contributed by atoms with Gasteiger partial charge >= 0.3 is 47.9 Å². The topological polar surface area (TPSA) is 510 Å². The number of hydrogen-bond donors (Lipinski definition) is 15. The molecule has 3 fully saturated rings. The molecule has 3 heterocycles. The van der Waals surface area contributed by atoms with Gasteiger partial charge in [0.1, 0.15) is 17.1 Å². The largest absolute Gasteiger partial charge is 0.475 e. The van der Waals surface area contributed by atoms with Gasteiger partial charge in [-0.2, -0.15) is 26.3 Å². The van der Waals surface area contributed by atoms with E-state index in [1.165, 1.54) is 80.0 Å². The Morgan fingerprint density at radius 1 is 0.400 bits per heavy atom. The van der Waals surface area contributed by atoms with Gasteiger partial charge in [0.05, 0.1) is 68.8 Å². The maximum atomic E-state index is 13.2. The van der Waals surface area contributed by atoms with Crippen molar-refractivity contribution in [3.63, 3.8) is 0 Å². The summed E-state index contributed by atoms with van der Waals surface area (Å²) in [6, 6.07) is 31.7. The number of carbonyl (C=O) groups is 10. The number of nitrogens with one attached hydrogen (secondary N) is 5. The van der Waals surface area contributed by atoms with Gasteiger partial charge in [-0.25, -0.2) is 15.0 Å². The van der Waals surface area contributed by atoms with Crippen molar-refractivity contribution in [3.8, 4) is 0 Å². The summed E-state index contributed by atoms with van der Waals surface area (Å²) in [6.45, 7) is 19.7. The Morgan fingerprint density at radius 2 is 0.770 bits per heavy atom. The smallest absolute Gasteiger partial charge is 0.427 e. The molecule has 0 unspecified atom stereocenters. The van der Waals surface area contributed by atoms with Crippen LogP contribution in [0.4, 0.5) is 26.3 Å². The molecule has 42 heteroatoms. The second-order valence-corrected chi connectivity index (χ2v) is 36.5. The highest BCUT2D eigenvalue weighted by molar-refractivity contribution is 6.45. The first-order chi connectivity index (χ1) is 63.2. The summed E-state index contributed by atoms with van der Waals surface area (Å²) in [5, 5.41) is 109. The van der Waals surface area contributed by atoms with Gasteiger partial charge in [-0.1, -0.05) is 148 Å². The number of benzene rings is 5. The lowest BCUT2D eigenvalue weighted by Gasteiger charge is -2.27. The summed E-state index contributed by atoms with van der Waals surface area (Å²) in [5.74, 6) is -8.14. The molecule has 15 N–H and O–H groups in total. The quantitative estimate of drug-likeness (QED) is 0.00966. The standard InChI is InChI=1S/C22H23BF3NO4.C19H22BN3O4.C19H24BN3O4.C18H23BF3NO4.C15H24BN3O4/c1-14-5-4-6-15(11-14)12-16(23(30)31)13-19(28)21(9-10-21)27-20(29)17-7-2-3-8-18(17)22(24,25)26;1-13-3-2-4-14(9-13)10-15(20(26)27)11-17(24)19(5-6-19)23-18(25)16-12-21-7-8-22-16;1-13-4-6-14(7-5-13)10-15(20(26)27)11-17(24)19(2,3)23-18(25)16-12-21-8-9-22-16;1-11(2)9-15(19(26)27)23-16(25)17(7-8-17)10-14(24)12-5-3-4-6-13(12)18(20,21)22;1-10(2)7-11(16(22)23)8-13(20)15(3,4)19-14(21)12-9-17-5-6-18-12/h2-8,11,16,30-31H,9-10,12-13H2,1H3,(H,27,29);2-4,7-9,12,15,26-27H,5-6,10-11H2,1H3,(H,23,25);4-9,12,15,26-27H,10-11H2,1-3H3,(H,23,25);3-6,11,15,26-27H,7-10H2,1-2H3,(H,23,25);5-6,9-11,22-23H,7-8H2,1-4H3,(H,19,21)/t16-;3*15-;11-/m11101/s1. The molecule has 0 saturated heterocycles. The van der Waals surface area contributed by atoms with Crippen molar-refractivity contribution >= 4 is 94.0 Å². The third-order valence-corrected chi connectivity index (χ3v) is 23.2. The van der Waals surface area contributed by atoms with E-state index in [4.69, 9.17) is 0 Å². The third kappa shape index (κ3) is 34.7. The summed E-state index contributed by atoms with van der Waals surface area (Å²) < 4.78 is 79.0. The summed E-state index contributed by atoms with van der Waals surface area (Å²) in [4.78, 5) is 148. The van der Waals surface area contributed by atoms with Crippen molar-refractivity contribution < 1.29 is 125 Å². The first-order valence-corrected chi connectivity index (χ1v) is 44.0. The van der Waals surface area contributed by atoms with Crippen molar-refractivity contribution in [2.45, 2.75) is 243 Å². The molecule has 5 atom stereocenters. The van der Waals surface area contributed by atoms with E-state index < -0.39 is 168 Å². The number of alkyl halides is 6. The number of carbonyl (C=O) groups excluding carboxylic acids is 10. The summed E-state index contributed by atoms with van der Waals surface area (Å²) >= 11 is 0. The lowest BCUT2D eigenvalue weighted by molar-refractivity contribution is -0.138. The molecular formula is C93H116B5F6N11O20. The van der Waals surface area contributed by atoms with Crippen molar-refractivity contribution in [3.05, 3.63) is 250 Å². The molecule has 5 aromatic carbocycles. The average molecular weight is 1880 g/mol. The number of rotatable bonds is 40. The number of amides is 5. The van der Waals surface area contributed by atoms with Crippen molar-refractivity contribution in [2.24, 2.45) is 17.3 Å². The molecule has 3 aliphatic rings. The molecule has 0 aliphatic heterocycles. The van der Waals surface area contributed by atoms with Gasteiger partial charge in [0.15, 0.2) is 28.9 Å². The first-order valence-electron chi connectivity index (χ1n) is 44.0. The molecule has 3 aliphatic carbocycles. The maximum absolute atomic E-state index is 13.2. The molecule has 5 amide bonds. The monoisotopic (exact) mass is 1880 g/mol. The second-order valence-electron chi connectivity index (χ2n) is 36.5. The fourth-order valence-electron chi connectivity index (χ4n) is 14.8. The Bertz CT molecular complexity index is 5320. The maximum Gasteiger partial charge on any atom is 0.475 e. The average Bonchev–Trinajstić information content (AvgIpc) is 1.63. The van der Waals surface area contributed by atoms with Gasteiger partial charge in [-0.05, 0) is 166 Å². The fourth-order valence-corrected chi connectivity index (χ4v) is 14.8. The minimum atomic E-state index is -4.70. The van der Waals surface area contributed by atoms with Crippen molar-refractivity contribution in [1.29, 1.82) is 0 Å². The van der Waals surface area contributed by atoms with Crippen LogP contribution in [0, 0.1) is 38.0 Å². The molecular weight excluding hydrogens is 1760 g/mol. The summed E-state index contributed by atoms with van der Waals surface area (Å²) in [5.41, 5.74) is -2.49. The minimum Gasteiger partial charge on any atom is -0.427 e. The van der Waals surface area contributed by atoms with E-state index in [9.17, 15) is 125 Å². The SMILES string of the molecule is CC(C)C[C@H](CC(=O)C(C)(C)NC(=O)c1cnccn1)B(O)O.CC(C)C[C@H](NC(=O)C1(CC(=O)c2ccccc2C(F)(F)F)CC1)B(O)O.Cc1ccc(C[C@H](CC(=O)C(C)(C)NC(=O)c2cnccn2)B(O)O)cc1.Cc1cccc(C[C@H](CC(=O)C2(NC(=O)c3ccccc3C(F)(F)F)CC2)B(O)O)c1.Cc1cccc(C[C@H](CC(=O)C2(NC(=O)c3cnccn3)CC2)B(O)O)c1. The number of aryl methyl sites for hydroxylation is 3. The van der Waals surface area contributed by atoms with Crippen LogP contribution in [-0.2, 0) is 55.6 Å². The normalized spacial score (nSPS) is 14.8. The van der Waals surface area contributed by atoms with Gasteiger partial charge < -0.3 is 76.8 Å². The fraction of sp³-hybridized carbons (Fsp3) is 0.441. The molecule has 135 heavy (non-hydrogen) atoms. The van der Waals surface area contributed by atoms with E-state index in [0.29, 0.717) is 64.2 Å². The number of halogens is 6. The number of nitrogens with zero attached hydrogens (tertiary/aromatic N) is 6. The van der Waals surface area contributed by atoms with E-state index in [2.05, 4.69) is 56.5 Å². The second kappa shape index (κ2) is 49.3. The summed E-state index contributed by atoms with van der Waals surface area (Å²) in [6.07, 6.45) is 6.69. The molecule has 0 bridgehead atoms. The highest BCUT2D eigenvalue weighted by atomic mass is 19.4. The molecule has 0 radical (unpaired) electrons. The van der Waals surface area contributed by atoms with Crippen LogP contribution in [0.3, 0.4) is 0 Å². The summed E-state index contributed by atoms with van der Waals surface area (Å²) in [7, 11) is -8.31. The molecule has 11 rings (SSSR count). The Morgan fingerprint density at radius 3 is 1.13 bits per heavy atom. The van der Waals surface area contributed by atoms with Gasteiger partial charge in [0, 0.05) is 98.1 Å². The van der Waals surface area contributed by atoms with Gasteiger partial charge in [-0.3, -0.25) is 62.9 Å². The lowest BCUT2D eigenvalue weighted by atomic mass is 9.65. The molecule has 8 aromatic rings. The Balaban J connectivity index is 0.000000231. The first kappa shape index (κ1) is 111. The highest BCUT2D eigenvalue weighted by Gasteiger charge is 2.55. The van der Waals surface area contributed by atoms with Crippen LogP contribution in [0.15, 0.2) is 177 Å². The van der Waals surface area contributed by atoms with Crippen LogP contribution in [0.25, 0.3) is 0 Å². The molecule has 3 saturated carbocycles. The van der Waals surface area contributed by atoms with Crippen LogP contribution in [0.2, 0.25) is 23.3 Å². The number of Topliss-reactive ketones (excluding diaryl/α,β-unsaturated/α-hetero) is 5. The third-order valence-electron chi connectivity index (χ3n) is 23.2. The molecule has 31 nitrogen and oxygen atoms in total. The van der Waals surface area contributed by atoms with Gasteiger partial charge in [0.2, 0.25) is 5.91 Å². The van der Waals surface area contributed by atoms with Gasteiger partial charge in [-0.15, -0.1) is 0 Å². The van der Waals surface area contributed by atoms with E-state index >= 15 is 0 Å². The van der Waals surface area contributed by atoms with E-state index in [0.717, 1.165) is 57.6 Å². The number of hydrogen-bond acceptors (Lipinski definition) is 26. The van der Waals surface area contributed by atoms with E-state index in [1.54, 1.807) is 27.7 Å². The highest BCUT2D eigenvalue weighted by Crippen LogP contribution is 2.51. The molecule has 0 spiro atoms. The lowest BCUT2D eigenvalue weighted by Crippen LogP contribution is -2.50. The zero-order valence-electron chi connectivity index (χ0n) is 77.0. The minimum absolute atomic E-state index is 0.0215. The van der Waals surface area contributed by atoms with E-state index in [1.807, 2.05) is 121 Å².